The molecule has 3 aromatic rings. The quantitative estimate of drug-likeness (QED) is 0.261. The van der Waals surface area contributed by atoms with Gasteiger partial charge in [0.25, 0.3) is 5.91 Å². The minimum absolute atomic E-state index is 0.0241. The lowest BCUT2D eigenvalue weighted by molar-refractivity contribution is -0.112. The van der Waals surface area contributed by atoms with Crippen LogP contribution in [0.3, 0.4) is 0 Å². The summed E-state index contributed by atoms with van der Waals surface area (Å²) in [5.74, 6) is 0.678. The third kappa shape index (κ3) is 6.22. The number of hydrogen-bond donors (Lipinski definition) is 1. The van der Waals surface area contributed by atoms with Crippen LogP contribution in [0.5, 0.6) is 11.5 Å². The van der Waals surface area contributed by atoms with Crippen molar-refractivity contribution >= 4 is 49.5 Å². The molecule has 0 heterocycles. The first-order valence-corrected chi connectivity index (χ1v) is 11.2. The van der Waals surface area contributed by atoms with Gasteiger partial charge in [0, 0.05) is 4.47 Å². The van der Waals surface area contributed by atoms with Crippen LogP contribution < -0.4 is 14.8 Å². The van der Waals surface area contributed by atoms with E-state index in [9.17, 15) is 10.1 Å². The zero-order chi connectivity index (χ0) is 23.1. The number of ether oxygens (including phenoxy) is 2. The van der Waals surface area contributed by atoms with Crippen LogP contribution in [-0.4, -0.2) is 13.0 Å². The number of carbonyl (C=O) groups is 1. The highest BCUT2D eigenvalue weighted by Crippen LogP contribution is 2.29. The van der Waals surface area contributed by atoms with Gasteiger partial charge in [-0.3, -0.25) is 4.79 Å². The van der Waals surface area contributed by atoms with Crippen LogP contribution in [0, 0.1) is 18.3 Å². The second-order valence-electron chi connectivity index (χ2n) is 6.93. The number of hydrogen-bond acceptors (Lipinski definition) is 4. The maximum Gasteiger partial charge on any atom is 0.266 e. The van der Waals surface area contributed by atoms with E-state index in [0.29, 0.717) is 29.4 Å². The Morgan fingerprint density at radius 1 is 1.06 bits per heavy atom. The summed E-state index contributed by atoms with van der Waals surface area (Å²) < 4.78 is 12.9. The van der Waals surface area contributed by atoms with E-state index in [1.807, 2.05) is 43.3 Å². The second-order valence-corrected chi connectivity index (χ2v) is 8.70. The predicted molar refractivity (Wildman–Crippen MR) is 133 cm³/mol. The molecular formula is C25H20Br2N2O3. The predicted octanol–water partition coefficient (Wildman–Crippen LogP) is 6.65. The summed E-state index contributed by atoms with van der Waals surface area (Å²) in [5, 5.41) is 12.3. The summed E-state index contributed by atoms with van der Waals surface area (Å²) in [6, 6.07) is 20.7. The molecule has 0 bridgehead atoms. The topological polar surface area (TPSA) is 71.3 Å². The Morgan fingerprint density at radius 2 is 1.78 bits per heavy atom. The molecule has 0 aliphatic carbocycles. The average Bonchev–Trinajstić information content (AvgIpc) is 2.78. The van der Waals surface area contributed by atoms with Gasteiger partial charge in [-0.15, -0.1) is 0 Å². The minimum atomic E-state index is -0.511. The van der Waals surface area contributed by atoms with Crippen molar-refractivity contribution in [2.75, 3.05) is 12.4 Å². The molecule has 0 spiro atoms. The summed E-state index contributed by atoms with van der Waals surface area (Å²) in [6.45, 7) is 2.33. The number of nitriles is 1. The van der Waals surface area contributed by atoms with Crippen molar-refractivity contribution in [3.8, 4) is 17.6 Å². The first kappa shape index (κ1) is 23.6. The van der Waals surface area contributed by atoms with E-state index in [1.165, 1.54) is 13.2 Å². The van der Waals surface area contributed by atoms with Gasteiger partial charge in [-0.2, -0.15) is 5.26 Å². The molecule has 0 aromatic heterocycles. The Labute approximate surface area is 203 Å². The number of aryl methyl sites for hydroxylation is 1. The SMILES string of the molecule is COc1ccc(C)cc1NC(=O)/C(C#N)=C/c1ccc(OCc2ccc(Br)cc2)c(Br)c1. The van der Waals surface area contributed by atoms with E-state index in [1.54, 1.807) is 30.3 Å². The molecule has 1 N–H and O–H groups in total. The number of nitrogens with one attached hydrogen (secondary N) is 1. The Morgan fingerprint density at radius 3 is 2.44 bits per heavy atom. The highest BCUT2D eigenvalue weighted by molar-refractivity contribution is 9.10. The van der Waals surface area contributed by atoms with Gasteiger partial charge >= 0.3 is 0 Å². The Kier molecular flexibility index (Phi) is 8.09. The smallest absolute Gasteiger partial charge is 0.266 e. The van der Waals surface area contributed by atoms with Crippen LogP contribution in [-0.2, 0) is 11.4 Å². The molecule has 0 unspecified atom stereocenters. The largest absolute Gasteiger partial charge is 0.495 e. The number of benzene rings is 3. The number of carbonyl (C=O) groups excluding carboxylic acids is 1. The van der Waals surface area contributed by atoms with Gasteiger partial charge < -0.3 is 14.8 Å². The molecule has 0 atom stereocenters. The number of anilines is 1. The van der Waals surface area contributed by atoms with E-state index in [4.69, 9.17) is 9.47 Å². The number of amides is 1. The van der Waals surface area contributed by atoms with Crippen LogP contribution in [0.15, 0.2) is 75.2 Å². The Bertz CT molecular complexity index is 1200. The van der Waals surface area contributed by atoms with E-state index in [0.717, 1.165) is 20.1 Å². The molecular weight excluding hydrogens is 536 g/mol. The number of halogens is 2. The third-order valence-electron chi connectivity index (χ3n) is 4.54. The summed E-state index contributed by atoms with van der Waals surface area (Å²) in [7, 11) is 1.53. The number of rotatable bonds is 7. The number of methoxy groups -OCH3 is 1. The summed E-state index contributed by atoms with van der Waals surface area (Å²) in [4.78, 5) is 12.7. The second kappa shape index (κ2) is 11.0. The van der Waals surface area contributed by atoms with Gasteiger partial charge in [0.1, 0.15) is 29.7 Å². The van der Waals surface area contributed by atoms with Gasteiger partial charge in [-0.25, -0.2) is 0 Å². The van der Waals surface area contributed by atoms with Gasteiger partial charge in [-0.05, 0) is 82.0 Å². The van der Waals surface area contributed by atoms with Crippen molar-refractivity contribution in [3.63, 3.8) is 0 Å². The lowest BCUT2D eigenvalue weighted by Gasteiger charge is -2.11. The van der Waals surface area contributed by atoms with Gasteiger partial charge in [-0.1, -0.05) is 40.2 Å². The van der Waals surface area contributed by atoms with E-state index >= 15 is 0 Å². The fourth-order valence-electron chi connectivity index (χ4n) is 2.89. The average molecular weight is 556 g/mol. The molecule has 0 saturated heterocycles. The summed E-state index contributed by atoms with van der Waals surface area (Å²) in [6.07, 6.45) is 1.53. The van der Waals surface area contributed by atoms with Crippen molar-refractivity contribution in [2.45, 2.75) is 13.5 Å². The first-order chi connectivity index (χ1) is 15.4. The van der Waals surface area contributed by atoms with Crippen LogP contribution in [0.2, 0.25) is 0 Å². The van der Waals surface area contributed by atoms with Crippen molar-refractivity contribution in [3.05, 3.63) is 91.9 Å². The standard InChI is InChI=1S/C25H20Br2N2O3/c1-16-3-9-24(31-2)22(11-16)29-25(30)19(14-28)12-18-6-10-23(21(27)13-18)32-15-17-4-7-20(26)8-5-17/h3-13H,15H2,1-2H3,(H,29,30)/b19-12+. The van der Waals surface area contributed by atoms with Crippen molar-refractivity contribution < 1.29 is 14.3 Å². The monoisotopic (exact) mass is 554 g/mol. The minimum Gasteiger partial charge on any atom is -0.495 e. The van der Waals surface area contributed by atoms with Gasteiger partial charge in [0.2, 0.25) is 0 Å². The molecule has 1 amide bonds. The van der Waals surface area contributed by atoms with Crippen molar-refractivity contribution in [1.29, 1.82) is 5.26 Å². The van der Waals surface area contributed by atoms with Gasteiger partial charge in [0.15, 0.2) is 0 Å². The van der Waals surface area contributed by atoms with Crippen LogP contribution in [0.1, 0.15) is 16.7 Å². The van der Waals surface area contributed by atoms with Crippen molar-refractivity contribution in [1.82, 2.24) is 0 Å². The van der Waals surface area contributed by atoms with E-state index in [2.05, 4.69) is 37.2 Å². The fraction of sp³-hybridized carbons (Fsp3) is 0.120. The van der Waals surface area contributed by atoms with E-state index < -0.39 is 5.91 Å². The highest BCUT2D eigenvalue weighted by Gasteiger charge is 2.13. The van der Waals surface area contributed by atoms with Crippen molar-refractivity contribution in [2.24, 2.45) is 0 Å². The molecule has 162 valence electrons. The summed E-state index contributed by atoms with van der Waals surface area (Å²) in [5.41, 5.74) is 3.18. The maximum absolute atomic E-state index is 12.7. The highest BCUT2D eigenvalue weighted by atomic mass is 79.9. The fourth-order valence-corrected chi connectivity index (χ4v) is 3.67. The third-order valence-corrected chi connectivity index (χ3v) is 5.69. The van der Waals surface area contributed by atoms with Crippen LogP contribution in [0.4, 0.5) is 5.69 Å². The Hall–Kier alpha value is -3.08. The molecule has 0 saturated carbocycles. The molecule has 32 heavy (non-hydrogen) atoms. The number of nitrogens with zero attached hydrogens (tertiary/aromatic N) is 1. The Balaban J connectivity index is 1.73. The molecule has 0 aliphatic rings. The molecule has 3 aromatic carbocycles. The van der Waals surface area contributed by atoms with E-state index in [-0.39, 0.29) is 5.57 Å². The maximum atomic E-state index is 12.7. The van der Waals surface area contributed by atoms with Crippen LogP contribution >= 0.6 is 31.9 Å². The molecule has 3 rings (SSSR count). The molecule has 7 heteroatoms. The lowest BCUT2D eigenvalue weighted by atomic mass is 10.1. The van der Waals surface area contributed by atoms with Crippen LogP contribution in [0.25, 0.3) is 6.08 Å². The molecule has 0 radical (unpaired) electrons. The molecule has 5 nitrogen and oxygen atoms in total. The first-order valence-electron chi connectivity index (χ1n) is 9.64. The normalized spacial score (nSPS) is 10.9. The zero-order valence-corrected chi connectivity index (χ0v) is 20.7. The molecule has 0 aliphatic heterocycles. The summed E-state index contributed by atoms with van der Waals surface area (Å²) >= 11 is 6.91. The molecule has 0 fully saturated rings. The zero-order valence-electron chi connectivity index (χ0n) is 17.5. The van der Waals surface area contributed by atoms with Gasteiger partial charge in [0.05, 0.1) is 17.3 Å². The lowest BCUT2D eigenvalue weighted by Crippen LogP contribution is -2.14.